The van der Waals surface area contributed by atoms with Crippen molar-refractivity contribution in [1.29, 1.82) is 0 Å². The predicted molar refractivity (Wildman–Crippen MR) is 109 cm³/mol. The number of aryl methyl sites for hydroxylation is 2. The second-order valence-electron chi connectivity index (χ2n) is 6.56. The van der Waals surface area contributed by atoms with Crippen LogP contribution in [0.1, 0.15) is 23.4 Å². The zero-order valence-corrected chi connectivity index (χ0v) is 15.4. The first kappa shape index (κ1) is 16.9. The van der Waals surface area contributed by atoms with E-state index in [1.54, 1.807) is 0 Å². The number of para-hydroxylation sites is 2. The summed E-state index contributed by atoms with van der Waals surface area (Å²) < 4.78 is 2.37. The molecule has 0 aliphatic carbocycles. The maximum atomic E-state index is 6.02. The van der Waals surface area contributed by atoms with E-state index in [1.165, 1.54) is 16.6 Å². The molecule has 0 unspecified atom stereocenters. The highest BCUT2D eigenvalue weighted by Crippen LogP contribution is 2.20. The molecule has 130 valence electrons. The van der Waals surface area contributed by atoms with Crippen molar-refractivity contribution in [3.63, 3.8) is 0 Å². The van der Waals surface area contributed by atoms with Crippen LogP contribution in [0.5, 0.6) is 0 Å². The first-order valence-electron chi connectivity index (χ1n) is 9.02. The molecule has 0 spiro atoms. The lowest BCUT2D eigenvalue weighted by Crippen LogP contribution is -2.06. The van der Waals surface area contributed by atoms with E-state index in [9.17, 15) is 0 Å². The zero-order valence-electron chi connectivity index (χ0n) is 14.6. The molecule has 0 fully saturated rings. The van der Waals surface area contributed by atoms with Crippen molar-refractivity contribution in [3.05, 3.63) is 101 Å². The summed E-state index contributed by atoms with van der Waals surface area (Å²) in [6, 6.07) is 27.1. The van der Waals surface area contributed by atoms with Crippen LogP contribution >= 0.6 is 11.6 Å². The molecule has 0 aliphatic heterocycles. The summed E-state index contributed by atoms with van der Waals surface area (Å²) in [6.45, 7) is 0.971. The van der Waals surface area contributed by atoms with Gasteiger partial charge in [0.05, 0.1) is 11.0 Å². The average Bonchev–Trinajstić information content (AvgIpc) is 3.02. The van der Waals surface area contributed by atoms with Gasteiger partial charge in [0.1, 0.15) is 5.82 Å². The summed E-state index contributed by atoms with van der Waals surface area (Å²) >= 11 is 6.02. The highest BCUT2D eigenvalue weighted by molar-refractivity contribution is 6.30. The lowest BCUT2D eigenvalue weighted by molar-refractivity contribution is 0.632. The Morgan fingerprint density at radius 1 is 0.769 bits per heavy atom. The lowest BCUT2D eigenvalue weighted by Gasteiger charge is -2.10. The maximum absolute atomic E-state index is 6.02. The van der Waals surface area contributed by atoms with Crippen LogP contribution in [0.4, 0.5) is 0 Å². The van der Waals surface area contributed by atoms with Crippen LogP contribution in [0.15, 0.2) is 78.9 Å². The van der Waals surface area contributed by atoms with E-state index in [0.29, 0.717) is 0 Å². The zero-order chi connectivity index (χ0) is 17.8. The topological polar surface area (TPSA) is 17.8 Å². The summed E-state index contributed by atoms with van der Waals surface area (Å²) in [4.78, 5) is 4.89. The Morgan fingerprint density at radius 2 is 1.50 bits per heavy atom. The molecule has 4 rings (SSSR count). The number of rotatable bonds is 6. The molecule has 0 atom stereocenters. The van der Waals surface area contributed by atoms with Crippen molar-refractivity contribution in [2.24, 2.45) is 0 Å². The van der Waals surface area contributed by atoms with Crippen molar-refractivity contribution >= 4 is 22.6 Å². The summed E-state index contributed by atoms with van der Waals surface area (Å²) in [5.74, 6) is 1.11. The summed E-state index contributed by atoms with van der Waals surface area (Å²) in [7, 11) is 0. The lowest BCUT2D eigenvalue weighted by atomic mass is 10.1. The summed E-state index contributed by atoms with van der Waals surface area (Å²) in [5, 5.41) is 0.769. The fourth-order valence-electron chi connectivity index (χ4n) is 3.38. The van der Waals surface area contributed by atoms with Gasteiger partial charge in [0.15, 0.2) is 0 Å². The molecular weight excluding hydrogens is 340 g/mol. The normalized spacial score (nSPS) is 11.1. The smallest absolute Gasteiger partial charge is 0.114 e. The van der Waals surface area contributed by atoms with Gasteiger partial charge < -0.3 is 4.57 Å². The molecule has 0 aliphatic rings. The van der Waals surface area contributed by atoms with Crippen molar-refractivity contribution < 1.29 is 0 Å². The van der Waals surface area contributed by atoms with Crippen molar-refractivity contribution in [2.75, 3.05) is 0 Å². The Bertz CT molecular complexity index is 988. The van der Waals surface area contributed by atoms with Gasteiger partial charge in [-0.2, -0.15) is 0 Å². The van der Waals surface area contributed by atoms with Crippen LogP contribution in [0.3, 0.4) is 0 Å². The molecule has 3 heteroatoms. The number of hydrogen-bond acceptors (Lipinski definition) is 1. The monoisotopic (exact) mass is 360 g/mol. The molecule has 0 amide bonds. The maximum Gasteiger partial charge on any atom is 0.114 e. The van der Waals surface area contributed by atoms with Crippen LogP contribution in [0.25, 0.3) is 11.0 Å². The van der Waals surface area contributed by atoms with E-state index in [0.717, 1.165) is 42.2 Å². The van der Waals surface area contributed by atoms with E-state index in [4.69, 9.17) is 16.6 Å². The number of hydrogen-bond donors (Lipinski definition) is 0. The molecule has 0 saturated heterocycles. The van der Waals surface area contributed by atoms with Gasteiger partial charge in [-0.05, 0) is 48.2 Å². The molecule has 3 aromatic carbocycles. The van der Waals surface area contributed by atoms with Crippen molar-refractivity contribution in [3.8, 4) is 0 Å². The second kappa shape index (κ2) is 7.76. The number of nitrogens with zero attached hydrogens (tertiary/aromatic N) is 2. The molecule has 1 heterocycles. The highest BCUT2D eigenvalue weighted by Gasteiger charge is 2.11. The Kier molecular flexibility index (Phi) is 5.03. The minimum atomic E-state index is 0.769. The molecular formula is C23H21ClN2. The van der Waals surface area contributed by atoms with Crippen LogP contribution in [-0.2, 0) is 19.4 Å². The molecule has 2 nitrogen and oxygen atoms in total. The largest absolute Gasteiger partial charge is 0.328 e. The van der Waals surface area contributed by atoms with E-state index < -0.39 is 0 Å². The molecule has 1 aromatic heterocycles. The first-order valence-corrected chi connectivity index (χ1v) is 9.40. The number of fused-ring (bicyclic) bond motifs is 1. The Morgan fingerprint density at radius 3 is 2.31 bits per heavy atom. The van der Waals surface area contributed by atoms with Gasteiger partial charge in [-0.25, -0.2) is 4.98 Å². The third-order valence-electron chi connectivity index (χ3n) is 4.70. The summed E-state index contributed by atoms with van der Waals surface area (Å²) in [5.41, 5.74) is 4.89. The minimum absolute atomic E-state index is 0.769. The third-order valence-corrected chi connectivity index (χ3v) is 4.95. The number of imidazole rings is 1. The second-order valence-corrected chi connectivity index (χ2v) is 7.00. The molecule has 0 radical (unpaired) electrons. The van der Waals surface area contributed by atoms with Crippen LogP contribution in [-0.4, -0.2) is 9.55 Å². The van der Waals surface area contributed by atoms with Crippen molar-refractivity contribution in [2.45, 2.75) is 25.8 Å². The van der Waals surface area contributed by atoms with E-state index in [-0.39, 0.29) is 0 Å². The molecule has 0 saturated carbocycles. The van der Waals surface area contributed by atoms with Gasteiger partial charge in [0.25, 0.3) is 0 Å². The SMILES string of the molecule is Clc1ccc(Cc2nc3ccccc3n2CCCc2ccccc2)cc1. The fourth-order valence-corrected chi connectivity index (χ4v) is 3.51. The minimum Gasteiger partial charge on any atom is -0.328 e. The number of benzene rings is 3. The Hall–Kier alpha value is -2.58. The fraction of sp³-hybridized carbons (Fsp3) is 0.174. The van der Waals surface area contributed by atoms with E-state index in [1.807, 2.05) is 12.1 Å². The van der Waals surface area contributed by atoms with E-state index in [2.05, 4.69) is 71.3 Å². The van der Waals surface area contributed by atoms with Crippen LogP contribution in [0.2, 0.25) is 5.02 Å². The predicted octanol–water partition coefficient (Wildman–Crippen LogP) is 5.91. The third kappa shape index (κ3) is 3.81. The van der Waals surface area contributed by atoms with Gasteiger partial charge in [0, 0.05) is 18.0 Å². The van der Waals surface area contributed by atoms with Gasteiger partial charge in [-0.1, -0.05) is 66.2 Å². The summed E-state index contributed by atoms with van der Waals surface area (Å²) in [6.07, 6.45) is 2.99. The molecule has 0 N–H and O–H groups in total. The van der Waals surface area contributed by atoms with Gasteiger partial charge in [0.2, 0.25) is 0 Å². The Labute approximate surface area is 159 Å². The van der Waals surface area contributed by atoms with Crippen molar-refractivity contribution in [1.82, 2.24) is 9.55 Å². The molecule has 0 bridgehead atoms. The quantitative estimate of drug-likeness (QED) is 0.417. The standard InChI is InChI=1S/C23H21ClN2/c24-20-14-12-19(13-15-20)17-23-25-21-10-4-5-11-22(21)26(23)16-6-9-18-7-2-1-3-8-18/h1-5,7-8,10-15H,6,9,16-17H2. The molecule has 26 heavy (non-hydrogen) atoms. The highest BCUT2D eigenvalue weighted by atomic mass is 35.5. The number of aromatic nitrogens is 2. The van der Waals surface area contributed by atoms with Gasteiger partial charge in [-0.3, -0.25) is 0 Å². The van der Waals surface area contributed by atoms with Gasteiger partial charge in [-0.15, -0.1) is 0 Å². The molecule has 4 aromatic rings. The number of halogens is 1. The van der Waals surface area contributed by atoms with E-state index >= 15 is 0 Å². The van der Waals surface area contributed by atoms with Gasteiger partial charge >= 0.3 is 0 Å². The first-order chi connectivity index (χ1) is 12.8. The van der Waals surface area contributed by atoms with Crippen LogP contribution < -0.4 is 0 Å². The average molecular weight is 361 g/mol. The van der Waals surface area contributed by atoms with Crippen LogP contribution in [0, 0.1) is 0 Å². The Balaban J connectivity index is 1.58.